The molecule has 4 heteroatoms. The van der Waals surface area contributed by atoms with Crippen molar-refractivity contribution in [2.45, 2.75) is 19.8 Å². The van der Waals surface area contributed by atoms with Crippen LogP contribution in [0.2, 0.25) is 0 Å². The summed E-state index contributed by atoms with van der Waals surface area (Å²) < 4.78 is 14.0. The lowest BCUT2D eigenvalue weighted by Crippen LogP contribution is -1.85. The third-order valence-corrected chi connectivity index (χ3v) is 2.75. The summed E-state index contributed by atoms with van der Waals surface area (Å²) in [6.07, 6.45) is 1.47. The van der Waals surface area contributed by atoms with Crippen LogP contribution >= 0.6 is 15.9 Å². The average molecular weight is 257 g/mol. The molecule has 0 atom stereocenters. The summed E-state index contributed by atoms with van der Waals surface area (Å²) >= 11 is 3.11. The Morgan fingerprint density at radius 2 is 2.21 bits per heavy atom. The molecule has 0 aliphatic carbocycles. The Kier molecular flexibility index (Phi) is 2.31. The van der Waals surface area contributed by atoms with Crippen LogP contribution in [-0.4, -0.2) is 9.97 Å². The third kappa shape index (κ3) is 1.43. The molecule has 2 aromatic heterocycles. The first kappa shape index (κ1) is 9.65. The van der Waals surface area contributed by atoms with Gasteiger partial charge in [-0.05, 0) is 27.9 Å². The number of rotatable bonds is 1. The van der Waals surface area contributed by atoms with Gasteiger partial charge in [0.25, 0.3) is 0 Å². The Balaban J connectivity index is 2.71. The molecule has 0 saturated carbocycles. The van der Waals surface area contributed by atoms with Crippen molar-refractivity contribution in [3.05, 3.63) is 28.2 Å². The Morgan fingerprint density at radius 3 is 2.86 bits per heavy atom. The highest BCUT2D eigenvalue weighted by Gasteiger charge is 2.11. The fourth-order valence-electron chi connectivity index (χ4n) is 1.35. The van der Waals surface area contributed by atoms with Crippen LogP contribution in [0.1, 0.15) is 25.5 Å². The summed E-state index contributed by atoms with van der Waals surface area (Å²) in [4.78, 5) is 7.19. The number of halogens is 2. The van der Waals surface area contributed by atoms with Crippen molar-refractivity contribution in [3.8, 4) is 0 Å². The lowest BCUT2D eigenvalue weighted by Gasteiger charge is -1.97. The van der Waals surface area contributed by atoms with Crippen LogP contribution in [-0.2, 0) is 0 Å². The molecular weight excluding hydrogens is 247 g/mol. The zero-order valence-electron chi connectivity index (χ0n) is 7.94. The van der Waals surface area contributed by atoms with E-state index in [0.717, 1.165) is 5.69 Å². The van der Waals surface area contributed by atoms with Crippen molar-refractivity contribution in [3.63, 3.8) is 0 Å². The number of hydrogen-bond donors (Lipinski definition) is 1. The number of H-pyrrole nitrogens is 1. The Labute approximate surface area is 89.7 Å². The molecule has 0 spiro atoms. The van der Waals surface area contributed by atoms with Gasteiger partial charge in [0.2, 0.25) is 0 Å². The van der Waals surface area contributed by atoms with Gasteiger partial charge in [0.1, 0.15) is 11.5 Å². The Bertz CT molecular complexity index is 476. The second-order valence-electron chi connectivity index (χ2n) is 3.56. The largest absolute Gasteiger partial charge is 0.343 e. The zero-order valence-corrected chi connectivity index (χ0v) is 9.52. The molecule has 74 valence electrons. The van der Waals surface area contributed by atoms with E-state index in [4.69, 9.17) is 0 Å². The van der Waals surface area contributed by atoms with Crippen molar-refractivity contribution in [2.75, 3.05) is 0 Å². The van der Waals surface area contributed by atoms with Crippen molar-refractivity contribution in [2.24, 2.45) is 0 Å². The van der Waals surface area contributed by atoms with Gasteiger partial charge in [-0.25, -0.2) is 9.37 Å². The SMILES string of the molecule is CC(C)c1cc2c(F)c(Br)cnc2[nH]1. The molecule has 0 radical (unpaired) electrons. The van der Waals surface area contributed by atoms with Crippen LogP contribution < -0.4 is 0 Å². The van der Waals surface area contributed by atoms with Crippen molar-refractivity contribution < 1.29 is 4.39 Å². The highest BCUT2D eigenvalue weighted by molar-refractivity contribution is 9.10. The molecule has 2 nitrogen and oxygen atoms in total. The van der Waals surface area contributed by atoms with E-state index in [2.05, 4.69) is 39.7 Å². The predicted molar refractivity (Wildman–Crippen MR) is 57.8 cm³/mol. The van der Waals surface area contributed by atoms with Crippen LogP contribution in [0.15, 0.2) is 16.7 Å². The summed E-state index contributed by atoms with van der Waals surface area (Å²) in [5, 5.41) is 0.545. The summed E-state index contributed by atoms with van der Waals surface area (Å²) in [6.45, 7) is 4.11. The van der Waals surface area contributed by atoms with E-state index in [1.165, 1.54) is 6.20 Å². The summed E-state index contributed by atoms with van der Waals surface area (Å²) in [7, 11) is 0. The molecule has 2 rings (SSSR count). The van der Waals surface area contributed by atoms with E-state index in [0.29, 0.717) is 21.4 Å². The second-order valence-corrected chi connectivity index (χ2v) is 4.42. The number of aromatic amines is 1. The van der Waals surface area contributed by atoms with Crippen LogP contribution in [0, 0.1) is 5.82 Å². The highest BCUT2D eigenvalue weighted by Crippen LogP contribution is 2.25. The van der Waals surface area contributed by atoms with Gasteiger partial charge < -0.3 is 4.98 Å². The zero-order chi connectivity index (χ0) is 10.3. The van der Waals surface area contributed by atoms with Gasteiger partial charge in [0, 0.05) is 11.9 Å². The smallest absolute Gasteiger partial charge is 0.149 e. The molecule has 0 saturated heterocycles. The fourth-order valence-corrected chi connectivity index (χ4v) is 1.67. The van der Waals surface area contributed by atoms with Crippen LogP contribution in [0.3, 0.4) is 0 Å². The molecule has 0 aliphatic heterocycles. The number of fused-ring (bicyclic) bond motifs is 1. The normalized spacial score (nSPS) is 11.5. The maximum atomic E-state index is 13.6. The number of nitrogens with zero attached hydrogens (tertiary/aromatic N) is 1. The van der Waals surface area contributed by atoms with Gasteiger partial charge in [-0.3, -0.25) is 0 Å². The monoisotopic (exact) mass is 256 g/mol. The van der Waals surface area contributed by atoms with E-state index >= 15 is 0 Å². The Hall–Kier alpha value is -0.900. The predicted octanol–water partition coefficient (Wildman–Crippen LogP) is 3.59. The summed E-state index contributed by atoms with van der Waals surface area (Å²) in [5.74, 6) is 0.0977. The van der Waals surface area contributed by atoms with Gasteiger partial charge in [0.15, 0.2) is 0 Å². The third-order valence-electron chi connectivity index (χ3n) is 2.19. The molecule has 0 bridgehead atoms. The number of nitrogens with one attached hydrogen (secondary N) is 1. The first-order chi connectivity index (χ1) is 6.59. The molecular formula is C10H10BrFN2. The Morgan fingerprint density at radius 1 is 1.50 bits per heavy atom. The van der Waals surface area contributed by atoms with E-state index in [1.807, 2.05) is 6.07 Å². The van der Waals surface area contributed by atoms with Gasteiger partial charge >= 0.3 is 0 Å². The quantitative estimate of drug-likeness (QED) is 0.830. The first-order valence-electron chi connectivity index (χ1n) is 4.42. The topological polar surface area (TPSA) is 28.7 Å². The minimum absolute atomic E-state index is 0.252. The maximum Gasteiger partial charge on any atom is 0.149 e. The summed E-state index contributed by atoms with van der Waals surface area (Å²) in [5.41, 5.74) is 1.61. The van der Waals surface area contributed by atoms with E-state index in [-0.39, 0.29) is 5.82 Å². The molecule has 0 aromatic carbocycles. The lowest BCUT2D eigenvalue weighted by molar-refractivity contribution is 0.632. The van der Waals surface area contributed by atoms with Crippen molar-refractivity contribution in [1.29, 1.82) is 0 Å². The number of pyridine rings is 1. The van der Waals surface area contributed by atoms with Crippen LogP contribution in [0.5, 0.6) is 0 Å². The molecule has 2 aromatic rings. The van der Waals surface area contributed by atoms with Gasteiger partial charge in [-0.1, -0.05) is 13.8 Å². The highest BCUT2D eigenvalue weighted by atomic mass is 79.9. The standard InChI is InChI=1S/C10H10BrFN2/c1-5(2)8-3-6-9(12)7(11)4-13-10(6)14-8/h3-5H,1-2H3,(H,13,14). The van der Waals surface area contributed by atoms with Crippen LogP contribution in [0.25, 0.3) is 11.0 Å². The van der Waals surface area contributed by atoms with Crippen molar-refractivity contribution >= 4 is 27.0 Å². The first-order valence-corrected chi connectivity index (χ1v) is 5.21. The van der Waals surface area contributed by atoms with Gasteiger partial charge in [-0.15, -0.1) is 0 Å². The average Bonchev–Trinajstić information content (AvgIpc) is 2.56. The molecule has 14 heavy (non-hydrogen) atoms. The fraction of sp³-hybridized carbons (Fsp3) is 0.300. The molecule has 1 N–H and O–H groups in total. The minimum Gasteiger partial charge on any atom is -0.343 e. The number of aromatic nitrogens is 2. The molecule has 0 fully saturated rings. The molecule has 0 unspecified atom stereocenters. The second kappa shape index (κ2) is 3.35. The van der Waals surface area contributed by atoms with E-state index < -0.39 is 0 Å². The van der Waals surface area contributed by atoms with Gasteiger partial charge in [0.05, 0.1) is 9.86 Å². The maximum absolute atomic E-state index is 13.6. The lowest BCUT2D eigenvalue weighted by atomic mass is 10.1. The minimum atomic E-state index is -0.252. The van der Waals surface area contributed by atoms with E-state index in [1.54, 1.807) is 0 Å². The number of hydrogen-bond acceptors (Lipinski definition) is 1. The van der Waals surface area contributed by atoms with Crippen LogP contribution in [0.4, 0.5) is 4.39 Å². The molecule has 2 heterocycles. The molecule has 0 amide bonds. The van der Waals surface area contributed by atoms with Gasteiger partial charge in [-0.2, -0.15) is 0 Å². The van der Waals surface area contributed by atoms with Crippen molar-refractivity contribution in [1.82, 2.24) is 9.97 Å². The van der Waals surface area contributed by atoms with E-state index in [9.17, 15) is 4.39 Å². The summed E-state index contributed by atoms with van der Waals surface area (Å²) in [6, 6.07) is 1.81. The molecule has 0 aliphatic rings.